The summed E-state index contributed by atoms with van der Waals surface area (Å²) in [4.78, 5) is 0. The van der Waals surface area contributed by atoms with Crippen LogP contribution in [0.15, 0.2) is 0 Å². The first-order valence-electron chi connectivity index (χ1n) is 8.25. The maximum Gasteiger partial charge on any atom is 0.0123 e. The maximum absolute atomic E-state index is 3.80. The molecule has 1 aliphatic rings. The third kappa shape index (κ3) is 7.34. The summed E-state index contributed by atoms with van der Waals surface area (Å²) in [5, 5.41) is 3.80. The first kappa shape index (κ1) is 19.0. The van der Waals surface area contributed by atoms with E-state index in [1.165, 1.54) is 32.2 Å². The van der Waals surface area contributed by atoms with Crippen LogP contribution >= 0.6 is 0 Å². The number of hydrogen-bond donors (Lipinski definition) is 1. The Bertz CT molecular complexity index is 245. The molecule has 0 aromatic carbocycles. The Morgan fingerprint density at radius 2 is 1.58 bits per heavy atom. The van der Waals surface area contributed by atoms with E-state index in [9.17, 15) is 0 Å². The van der Waals surface area contributed by atoms with Gasteiger partial charge in [0, 0.05) is 6.04 Å². The molecule has 1 saturated heterocycles. The summed E-state index contributed by atoms with van der Waals surface area (Å²) in [6.07, 6.45) is 5.29. The molecule has 1 atom stereocenters. The van der Waals surface area contributed by atoms with Gasteiger partial charge in [-0.15, -0.1) is 0 Å². The molecule has 0 radical (unpaired) electrons. The van der Waals surface area contributed by atoms with Gasteiger partial charge in [-0.2, -0.15) is 0 Å². The minimum Gasteiger partial charge on any atom is -0.313 e. The fourth-order valence-corrected chi connectivity index (χ4v) is 3.61. The van der Waals surface area contributed by atoms with Crippen molar-refractivity contribution in [3.05, 3.63) is 0 Å². The van der Waals surface area contributed by atoms with Gasteiger partial charge in [0.2, 0.25) is 0 Å². The first-order valence-corrected chi connectivity index (χ1v) is 8.25. The van der Waals surface area contributed by atoms with E-state index in [1.807, 2.05) is 13.8 Å². The predicted octanol–water partition coefficient (Wildman–Crippen LogP) is 5.64. The van der Waals surface area contributed by atoms with Crippen LogP contribution in [0.3, 0.4) is 0 Å². The van der Waals surface area contributed by atoms with Gasteiger partial charge in [-0.25, -0.2) is 0 Å². The molecule has 0 aromatic heterocycles. The van der Waals surface area contributed by atoms with Crippen molar-refractivity contribution in [2.45, 2.75) is 94.0 Å². The van der Waals surface area contributed by atoms with Crippen molar-refractivity contribution >= 4 is 0 Å². The summed E-state index contributed by atoms with van der Waals surface area (Å²) in [7, 11) is 0. The molecule has 1 heteroatoms. The summed E-state index contributed by atoms with van der Waals surface area (Å²) in [5.74, 6) is 0. The third-order valence-electron chi connectivity index (χ3n) is 4.11. The average Bonchev–Trinajstić information content (AvgIpc) is 2.39. The highest BCUT2D eigenvalue weighted by Crippen LogP contribution is 2.41. The Morgan fingerprint density at radius 3 is 2.05 bits per heavy atom. The standard InChI is InChI=1S/C16H33N.C2H6/c1-14(2,3)12-16(6,7)13-11-15(4,5)9-8-10-17-13;1-2/h13,17H,8-12H2,1-7H3;1-2H3. The Balaban J connectivity index is 0.00000154. The fraction of sp³-hybridized carbons (Fsp3) is 1.00. The Kier molecular flexibility index (Phi) is 7.09. The molecule has 1 rings (SSSR count). The Labute approximate surface area is 122 Å². The van der Waals surface area contributed by atoms with Crippen LogP contribution in [0.4, 0.5) is 0 Å². The van der Waals surface area contributed by atoms with Crippen LogP contribution < -0.4 is 5.32 Å². The van der Waals surface area contributed by atoms with Crippen molar-refractivity contribution in [1.82, 2.24) is 5.32 Å². The van der Waals surface area contributed by atoms with Crippen molar-refractivity contribution in [3.63, 3.8) is 0 Å². The molecular formula is C18H39N. The SMILES string of the molecule is CC.CC(C)(C)CC(C)(C)C1CC(C)(C)CCCN1. The van der Waals surface area contributed by atoms with Gasteiger partial charge in [0.15, 0.2) is 0 Å². The molecule has 1 fully saturated rings. The minimum atomic E-state index is 0.389. The van der Waals surface area contributed by atoms with E-state index in [4.69, 9.17) is 0 Å². The van der Waals surface area contributed by atoms with Crippen LogP contribution in [0.2, 0.25) is 0 Å². The van der Waals surface area contributed by atoms with Gasteiger partial charge in [-0.3, -0.25) is 0 Å². The lowest BCUT2D eigenvalue weighted by molar-refractivity contribution is 0.125. The van der Waals surface area contributed by atoms with Crippen LogP contribution in [-0.2, 0) is 0 Å². The minimum absolute atomic E-state index is 0.389. The largest absolute Gasteiger partial charge is 0.313 e. The molecule has 116 valence electrons. The Morgan fingerprint density at radius 1 is 1.05 bits per heavy atom. The lowest BCUT2D eigenvalue weighted by atomic mass is 9.68. The van der Waals surface area contributed by atoms with Crippen molar-refractivity contribution < 1.29 is 0 Å². The van der Waals surface area contributed by atoms with Crippen LogP contribution in [0.25, 0.3) is 0 Å². The maximum atomic E-state index is 3.80. The van der Waals surface area contributed by atoms with E-state index in [0.717, 1.165) is 0 Å². The topological polar surface area (TPSA) is 12.0 Å². The molecule has 1 nitrogen and oxygen atoms in total. The molecule has 0 aromatic rings. The van der Waals surface area contributed by atoms with Gasteiger partial charge in [0.1, 0.15) is 0 Å². The van der Waals surface area contributed by atoms with Gasteiger partial charge in [0.25, 0.3) is 0 Å². The van der Waals surface area contributed by atoms with Crippen LogP contribution in [-0.4, -0.2) is 12.6 Å². The second kappa shape index (κ2) is 7.11. The zero-order valence-electron chi connectivity index (χ0n) is 15.1. The second-order valence-corrected chi connectivity index (χ2v) is 8.70. The van der Waals surface area contributed by atoms with E-state index in [0.29, 0.717) is 22.3 Å². The van der Waals surface area contributed by atoms with Gasteiger partial charge in [0.05, 0.1) is 0 Å². The molecule has 0 bridgehead atoms. The van der Waals surface area contributed by atoms with Gasteiger partial charge >= 0.3 is 0 Å². The quantitative estimate of drug-likeness (QED) is 0.683. The van der Waals surface area contributed by atoms with Gasteiger partial charge in [-0.1, -0.05) is 62.3 Å². The molecule has 19 heavy (non-hydrogen) atoms. The first-order chi connectivity index (χ1) is 8.52. The molecule has 1 heterocycles. The number of nitrogens with one attached hydrogen (secondary N) is 1. The number of hydrogen-bond acceptors (Lipinski definition) is 1. The van der Waals surface area contributed by atoms with Crippen molar-refractivity contribution in [3.8, 4) is 0 Å². The zero-order valence-corrected chi connectivity index (χ0v) is 15.1. The highest BCUT2D eigenvalue weighted by Gasteiger charge is 2.37. The average molecular weight is 270 g/mol. The summed E-state index contributed by atoms with van der Waals surface area (Å²) in [5.41, 5.74) is 1.31. The summed E-state index contributed by atoms with van der Waals surface area (Å²) >= 11 is 0. The molecule has 0 amide bonds. The second-order valence-electron chi connectivity index (χ2n) is 8.70. The molecule has 1 unspecified atom stereocenters. The van der Waals surface area contributed by atoms with E-state index in [-0.39, 0.29) is 0 Å². The fourth-order valence-electron chi connectivity index (χ4n) is 3.61. The van der Waals surface area contributed by atoms with Crippen LogP contribution in [0.5, 0.6) is 0 Å². The van der Waals surface area contributed by atoms with E-state index >= 15 is 0 Å². The predicted molar refractivity (Wildman–Crippen MR) is 88.6 cm³/mol. The lowest BCUT2D eigenvalue weighted by Crippen LogP contribution is -2.44. The third-order valence-corrected chi connectivity index (χ3v) is 4.11. The smallest absolute Gasteiger partial charge is 0.0123 e. The highest BCUT2D eigenvalue weighted by atomic mass is 14.9. The zero-order chi connectivity index (χ0) is 15.3. The van der Waals surface area contributed by atoms with Crippen molar-refractivity contribution in [2.24, 2.45) is 16.2 Å². The summed E-state index contributed by atoms with van der Waals surface area (Å²) in [6.45, 7) is 22.0. The van der Waals surface area contributed by atoms with E-state index in [1.54, 1.807) is 0 Å². The van der Waals surface area contributed by atoms with Gasteiger partial charge < -0.3 is 5.32 Å². The molecule has 1 N–H and O–H groups in total. The molecular weight excluding hydrogens is 230 g/mol. The summed E-state index contributed by atoms with van der Waals surface area (Å²) in [6, 6.07) is 0.666. The van der Waals surface area contributed by atoms with E-state index < -0.39 is 0 Å². The number of rotatable bonds is 2. The van der Waals surface area contributed by atoms with Crippen LogP contribution in [0, 0.1) is 16.2 Å². The van der Waals surface area contributed by atoms with Crippen molar-refractivity contribution in [1.29, 1.82) is 0 Å². The molecule has 0 spiro atoms. The highest BCUT2D eigenvalue weighted by molar-refractivity contribution is 4.92. The summed E-state index contributed by atoms with van der Waals surface area (Å²) < 4.78 is 0. The molecule has 1 aliphatic heterocycles. The van der Waals surface area contributed by atoms with E-state index in [2.05, 4.69) is 53.8 Å². The molecule has 0 saturated carbocycles. The monoisotopic (exact) mass is 269 g/mol. The van der Waals surface area contributed by atoms with Crippen molar-refractivity contribution in [2.75, 3.05) is 6.54 Å². The van der Waals surface area contributed by atoms with Gasteiger partial charge in [-0.05, 0) is 48.5 Å². The Hall–Kier alpha value is -0.0400. The van der Waals surface area contributed by atoms with Crippen LogP contribution in [0.1, 0.15) is 88.0 Å². The normalized spacial score (nSPS) is 24.2. The lowest BCUT2D eigenvalue weighted by Gasteiger charge is -2.41. The molecule has 0 aliphatic carbocycles.